The molecule has 1 amide bonds. The van der Waals surface area contributed by atoms with Crippen LogP contribution in [0.1, 0.15) is 206 Å². The molecule has 0 bridgehead atoms. The van der Waals surface area contributed by atoms with Gasteiger partial charge in [0.25, 0.3) is 7.82 Å². The Bertz CT molecular complexity index is 1140. The molecule has 338 valence electrons. The number of carboxylic acid groups (broad SMARTS) is 1. The Morgan fingerprint density at radius 2 is 1.00 bits per heavy atom. The summed E-state index contributed by atoms with van der Waals surface area (Å²) in [4.78, 5) is 59.7. The largest absolute Gasteiger partial charge is 1.00 e. The number of allylic oxidation sites excluding steroid dienone is 4. The van der Waals surface area contributed by atoms with E-state index in [1.807, 2.05) is 0 Å². The van der Waals surface area contributed by atoms with Crippen LogP contribution in [0.5, 0.6) is 0 Å². The van der Waals surface area contributed by atoms with Gasteiger partial charge < -0.3 is 33.8 Å². The monoisotopic (exact) mass is 866 g/mol. The first kappa shape index (κ1) is 59.6. The number of carboxylic acids is 1. The van der Waals surface area contributed by atoms with Crippen molar-refractivity contribution in [2.45, 2.75) is 213 Å². The minimum absolute atomic E-state index is 0. The number of nitrogens with one attached hydrogen (secondary N) is 1. The predicted octanol–water partition coefficient (Wildman–Crippen LogP) is 8.00. The van der Waals surface area contributed by atoms with Crippen molar-refractivity contribution in [3.63, 3.8) is 0 Å². The topological polar surface area (TPSA) is 178 Å². The minimum atomic E-state index is -4.86. The van der Waals surface area contributed by atoms with Crippen molar-refractivity contribution in [1.82, 2.24) is 5.32 Å². The van der Waals surface area contributed by atoms with Crippen molar-refractivity contribution in [1.29, 1.82) is 0 Å². The maximum Gasteiger partial charge on any atom is 1.00 e. The molecule has 0 aliphatic carbocycles. The number of hydrogen-bond donors (Lipinski definition) is 2. The Hall–Kier alpha value is -1.53. The predicted molar refractivity (Wildman–Crippen MR) is 229 cm³/mol. The molecule has 2 atom stereocenters. The van der Waals surface area contributed by atoms with E-state index in [0.29, 0.717) is 12.8 Å². The molecule has 2 N–H and O–H groups in total. The van der Waals surface area contributed by atoms with Crippen LogP contribution in [0.15, 0.2) is 24.3 Å². The molecule has 0 aromatic heterocycles. The second-order valence-electron chi connectivity index (χ2n) is 15.3. The molecular formula is C45H81NNaO11P. The Labute approximate surface area is 380 Å². The summed E-state index contributed by atoms with van der Waals surface area (Å²) in [5, 5.41) is 11.0. The number of unbranched alkanes of at least 4 members (excludes halogenated alkanes) is 22. The second-order valence-corrected chi connectivity index (χ2v) is 16.7. The fourth-order valence-electron chi connectivity index (χ4n) is 6.17. The number of carbonyl (C=O) groups is 4. The van der Waals surface area contributed by atoms with E-state index in [0.717, 1.165) is 77.0 Å². The fraction of sp³-hybridized carbons (Fsp3) is 0.822. The summed E-state index contributed by atoms with van der Waals surface area (Å²) in [6.45, 7) is 2.88. The van der Waals surface area contributed by atoms with Gasteiger partial charge in [-0.2, -0.15) is 0 Å². The van der Waals surface area contributed by atoms with Gasteiger partial charge in [0.15, 0.2) is 6.10 Å². The van der Waals surface area contributed by atoms with Crippen molar-refractivity contribution in [2.24, 2.45) is 0 Å². The van der Waals surface area contributed by atoms with Crippen LogP contribution in [0.3, 0.4) is 0 Å². The summed E-state index contributed by atoms with van der Waals surface area (Å²) >= 11 is 0. The molecule has 1 unspecified atom stereocenters. The van der Waals surface area contributed by atoms with Gasteiger partial charge in [-0.25, -0.2) is 0 Å². The van der Waals surface area contributed by atoms with E-state index in [9.17, 15) is 28.6 Å². The van der Waals surface area contributed by atoms with Crippen molar-refractivity contribution in [3.8, 4) is 0 Å². The number of aliphatic carboxylic acids is 1. The number of carbonyl (C=O) groups excluding carboxylic acids is 3. The first-order valence-corrected chi connectivity index (χ1v) is 24.3. The Morgan fingerprint density at radius 3 is 1.46 bits per heavy atom. The van der Waals surface area contributed by atoms with Gasteiger partial charge >= 0.3 is 47.5 Å². The molecule has 12 nitrogen and oxygen atoms in total. The minimum Gasteiger partial charge on any atom is -0.756 e. The number of rotatable bonds is 43. The Balaban J connectivity index is 0. The number of esters is 2. The van der Waals surface area contributed by atoms with Crippen molar-refractivity contribution >= 4 is 31.6 Å². The van der Waals surface area contributed by atoms with Crippen LogP contribution in [0.4, 0.5) is 0 Å². The number of ether oxygens (including phenoxy) is 2. The van der Waals surface area contributed by atoms with Gasteiger partial charge in [-0.05, 0) is 64.2 Å². The van der Waals surface area contributed by atoms with Crippen LogP contribution in [0.25, 0.3) is 0 Å². The Kier molecular flexibility index (Phi) is 44.9. The fourth-order valence-corrected chi connectivity index (χ4v) is 6.91. The first-order valence-electron chi connectivity index (χ1n) is 22.8. The van der Waals surface area contributed by atoms with E-state index in [2.05, 4.69) is 43.5 Å². The van der Waals surface area contributed by atoms with Gasteiger partial charge in [-0.15, -0.1) is 0 Å². The van der Waals surface area contributed by atoms with Gasteiger partial charge in [0, 0.05) is 25.8 Å². The third-order valence-corrected chi connectivity index (χ3v) is 10.6. The van der Waals surface area contributed by atoms with Crippen LogP contribution >= 0.6 is 7.82 Å². The number of phosphoric ester groups is 1. The maximum atomic E-state index is 12.7. The van der Waals surface area contributed by atoms with Gasteiger partial charge in [-0.3, -0.25) is 23.7 Å². The summed E-state index contributed by atoms with van der Waals surface area (Å²) in [7, 11) is -4.86. The maximum absolute atomic E-state index is 12.7. The summed E-state index contributed by atoms with van der Waals surface area (Å²) in [6.07, 6.45) is 37.3. The van der Waals surface area contributed by atoms with Crippen LogP contribution in [-0.4, -0.2) is 61.4 Å². The average Bonchev–Trinajstić information content (AvgIpc) is 3.19. The van der Waals surface area contributed by atoms with E-state index in [1.54, 1.807) is 0 Å². The first-order chi connectivity index (χ1) is 28.1. The zero-order valence-corrected chi connectivity index (χ0v) is 40.3. The van der Waals surface area contributed by atoms with E-state index >= 15 is 0 Å². The van der Waals surface area contributed by atoms with Gasteiger partial charge in [-0.1, -0.05) is 141 Å². The standard InChI is InChI=1S/C45H82NO11P.Na/c1-3-5-7-9-11-13-15-17-19-21-23-25-27-29-31-33-44(50)54-39-41(40-56-58(52,53)55-38-37-46-42(47)35-36-43(48)49)57-45(51)34-32-30-28-26-24-22-20-18-16-14-12-10-8-6-4-2;/h17-20,41H,3-16,21-40H2,1-2H3,(H,46,47)(H,48,49)(H,52,53);/q;+1/p-1/b19-17-,20-18-;/t41-;/m1./s1. The van der Waals surface area contributed by atoms with Crippen molar-refractivity contribution < 1.29 is 81.8 Å². The molecular weight excluding hydrogens is 784 g/mol. The van der Waals surface area contributed by atoms with Gasteiger partial charge in [0.05, 0.1) is 19.6 Å². The number of hydrogen-bond acceptors (Lipinski definition) is 10. The molecule has 14 heteroatoms. The zero-order valence-electron chi connectivity index (χ0n) is 37.4. The second kappa shape index (κ2) is 44.5. The van der Waals surface area contributed by atoms with E-state index in [-0.39, 0.29) is 68.4 Å². The molecule has 0 fully saturated rings. The molecule has 0 saturated carbocycles. The molecule has 0 heterocycles. The normalized spacial score (nSPS) is 12.9. The molecule has 0 saturated heterocycles. The van der Waals surface area contributed by atoms with Crippen molar-refractivity contribution in [3.05, 3.63) is 24.3 Å². The van der Waals surface area contributed by atoms with Crippen LogP contribution in [-0.2, 0) is 42.3 Å². The summed E-state index contributed by atoms with van der Waals surface area (Å²) in [5.41, 5.74) is 0. The zero-order chi connectivity index (χ0) is 42.8. The molecule has 0 aromatic rings. The van der Waals surface area contributed by atoms with Gasteiger partial charge in [0.2, 0.25) is 5.91 Å². The van der Waals surface area contributed by atoms with Crippen LogP contribution in [0.2, 0.25) is 0 Å². The van der Waals surface area contributed by atoms with Crippen LogP contribution < -0.4 is 39.8 Å². The average molecular weight is 866 g/mol. The third kappa shape index (κ3) is 45.8. The van der Waals surface area contributed by atoms with E-state index in [4.69, 9.17) is 23.6 Å². The SMILES string of the molecule is CCCCCCCC/C=C\CCCCCCCC(=O)OC[C@H](COP(=O)([O-])OCCNC(=O)CCC(=O)O)OC(=O)CCCCCCC/C=C\CCCCCCCC.[Na+]. The summed E-state index contributed by atoms with van der Waals surface area (Å²) in [5.74, 6) is -2.68. The molecule has 0 rings (SSSR count). The Morgan fingerprint density at radius 1 is 0.576 bits per heavy atom. The molecule has 0 aliphatic rings. The molecule has 0 spiro atoms. The molecule has 0 aliphatic heterocycles. The number of amides is 1. The molecule has 59 heavy (non-hydrogen) atoms. The third-order valence-electron chi connectivity index (χ3n) is 9.67. The van der Waals surface area contributed by atoms with Crippen LogP contribution in [0, 0.1) is 0 Å². The van der Waals surface area contributed by atoms with E-state index in [1.165, 1.54) is 77.0 Å². The van der Waals surface area contributed by atoms with Crippen molar-refractivity contribution in [2.75, 3.05) is 26.4 Å². The van der Waals surface area contributed by atoms with E-state index < -0.39 is 51.0 Å². The summed E-state index contributed by atoms with van der Waals surface area (Å²) in [6, 6.07) is 0. The summed E-state index contributed by atoms with van der Waals surface area (Å²) < 4.78 is 32.9. The molecule has 0 radical (unpaired) electrons. The number of phosphoric acid groups is 1. The quantitative estimate of drug-likeness (QED) is 0.0200. The van der Waals surface area contributed by atoms with Gasteiger partial charge in [0.1, 0.15) is 6.61 Å². The smallest absolute Gasteiger partial charge is 0.756 e. The molecule has 0 aromatic carbocycles.